The number of methoxy groups -OCH3 is 1. The summed E-state index contributed by atoms with van der Waals surface area (Å²) < 4.78 is 5.10. The van der Waals surface area contributed by atoms with E-state index < -0.39 is 0 Å². The Morgan fingerprint density at radius 2 is 2.23 bits per heavy atom. The summed E-state index contributed by atoms with van der Waals surface area (Å²) >= 11 is 0. The van der Waals surface area contributed by atoms with E-state index >= 15 is 0 Å². The molecule has 2 rings (SSSR count). The van der Waals surface area contributed by atoms with Crippen LogP contribution in [0.25, 0.3) is 0 Å². The molecular weight excluding hydrogens is 166 g/mol. The van der Waals surface area contributed by atoms with Crippen molar-refractivity contribution in [2.45, 2.75) is 12.8 Å². The Bertz CT molecular complexity index is 358. The molecule has 3 nitrogen and oxygen atoms in total. The van der Waals surface area contributed by atoms with Crippen LogP contribution in [0.4, 0.5) is 0 Å². The van der Waals surface area contributed by atoms with Gasteiger partial charge in [-0.15, -0.1) is 0 Å². The lowest BCUT2D eigenvalue weighted by atomic mass is 10.1. The van der Waals surface area contributed by atoms with Crippen molar-refractivity contribution >= 4 is 5.71 Å². The molecule has 0 radical (unpaired) electrons. The summed E-state index contributed by atoms with van der Waals surface area (Å²) in [5, 5.41) is 12.0. The molecular formula is C10H11NO2. The van der Waals surface area contributed by atoms with Gasteiger partial charge < -0.3 is 9.94 Å². The van der Waals surface area contributed by atoms with E-state index in [0.29, 0.717) is 0 Å². The topological polar surface area (TPSA) is 41.8 Å². The number of nitrogens with zero attached hydrogens (tertiary/aromatic N) is 1. The van der Waals surface area contributed by atoms with Crippen molar-refractivity contribution in [3.8, 4) is 5.75 Å². The van der Waals surface area contributed by atoms with Gasteiger partial charge in [-0.3, -0.25) is 0 Å². The summed E-state index contributed by atoms with van der Waals surface area (Å²) in [7, 11) is 1.63. The van der Waals surface area contributed by atoms with E-state index in [2.05, 4.69) is 5.16 Å². The first-order valence-corrected chi connectivity index (χ1v) is 4.23. The average molecular weight is 177 g/mol. The van der Waals surface area contributed by atoms with Crippen LogP contribution in [0.2, 0.25) is 0 Å². The summed E-state index contributed by atoms with van der Waals surface area (Å²) in [5.74, 6) is 0.807. The molecule has 1 aliphatic rings. The molecule has 1 aromatic carbocycles. The first kappa shape index (κ1) is 8.10. The Labute approximate surface area is 76.6 Å². The van der Waals surface area contributed by atoms with E-state index in [1.165, 1.54) is 5.56 Å². The number of ether oxygens (including phenoxy) is 1. The molecule has 0 fully saturated rings. The minimum atomic E-state index is 0.758. The van der Waals surface area contributed by atoms with Crippen molar-refractivity contribution in [1.29, 1.82) is 0 Å². The monoisotopic (exact) mass is 177 g/mol. The molecule has 13 heavy (non-hydrogen) atoms. The third kappa shape index (κ3) is 1.26. The number of rotatable bonds is 1. The van der Waals surface area contributed by atoms with Gasteiger partial charge in [0.2, 0.25) is 0 Å². The molecule has 0 saturated carbocycles. The van der Waals surface area contributed by atoms with E-state index in [1.807, 2.05) is 18.2 Å². The number of fused-ring (bicyclic) bond motifs is 1. The van der Waals surface area contributed by atoms with Crippen LogP contribution in [-0.2, 0) is 6.42 Å². The standard InChI is InChI=1S/C10H11NO2/c1-13-8-4-2-7-3-5-10(11-12)9(7)6-8/h2,4,6,12H,3,5H2,1H3/b11-10+. The number of aryl methyl sites for hydroxylation is 1. The molecule has 1 aliphatic carbocycles. The molecule has 0 bridgehead atoms. The maximum Gasteiger partial charge on any atom is 0.119 e. The van der Waals surface area contributed by atoms with Crippen LogP contribution in [0, 0.1) is 0 Å². The Kier molecular flexibility index (Phi) is 1.93. The lowest BCUT2D eigenvalue weighted by molar-refractivity contribution is 0.318. The fourth-order valence-corrected chi connectivity index (χ4v) is 1.66. The number of oxime groups is 1. The second-order valence-electron chi connectivity index (χ2n) is 3.07. The van der Waals surface area contributed by atoms with E-state index in [9.17, 15) is 0 Å². The second-order valence-corrected chi connectivity index (χ2v) is 3.07. The lowest BCUT2D eigenvalue weighted by Gasteiger charge is -2.02. The second kappa shape index (κ2) is 3.09. The Hall–Kier alpha value is -1.51. The molecule has 1 N–H and O–H groups in total. The van der Waals surface area contributed by atoms with Crippen molar-refractivity contribution in [2.24, 2.45) is 5.16 Å². The van der Waals surface area contributed by atoms with Gasteiger partial charge in [0.25, 0.3) is 0 Å². The molecule has 68 valence electrons. The lowest BCUT2D eigenvalue weighted by Crippen LogP contribution is -1.94. The van der Waals surface area contributed by atoms with E-state index in [0.717, 1.165) is 29.9 Å². The molecule has 0 atom stereocenters. The first-order valence-electron chi connectivity index (χ1n) is 4.23. The van der Waals surface area contributed by atoms with Gasteiger partial charge in [0.15, 0.2) is 0 Å². The highest BCUT2D eigenvalue weighted by molar-refractivity contribution is 6.04. The summed E-state index contributed by atoms with van der Waals surface area (Å²) in [5.41, 5.74) is 3.00. The van der Waals surface area contributed by atoms with Crippen LogP contribution < -0.4 is 4.74 Å². The van der Waals surface area contributed by atoms with Gasteiger partial charge in [-0.25, -0.2) is 0 Å². The number of hydrogen-bond acceptors (Lipinski definition) is 3. The SMILES string of the molecule is COc1ccc2c(c1)/C(=N/O)CC2. The predicted octanol–water partition coefficient (Wildman–Crippen LogP) is 1.82. The molecule has 0 aromatic heterocycles. The molecule has 0 heterocycles. The number of benzene rings is 1. The Balaban J connectivity index is 2.49. The minimum absolute atomic E-state index is 0.758. The van der Waals surface area contributed by atoms with E-state index in [-0.39, 0.29) is 0 Å². The molecule has 0 unspecified atom stereocenters. The van der Waals surface area contributed by atoms with Gasteiger partial charge >= 0.3 is 0 Å². The summed E-state index contributed by atoms with van der Waals surface area (Å²) in [4.78, 5) is 0. The van der Waals surface area contributed by atoms with Gasteiger partial charge in [-0.05, 0) is 30.5 Å². The maximum absolute atomic E-state index is 8.72. The minimum Gasteiger partial charge on any atom is -0.497 e. The normalized spacial score (nSPS) is 17.5. The Morgan fingerprint density at radius 3 is 2.92 bits per heavy atom. The van der Waals surface area contributed by atoms with Crippen molar-refractivity contribution in [3.05, 3.63) is 29.3 Å². The summed E-state index contributed by atoms with van der Waals surface area (Å²) in [6.45, 7) is 0. The molecule has 3 heteroatoms. The van der Waals surface area contributed by atoms with Crippen LogP contribution in [0.1, 0.15) is 17.5 Å². The van der Waals surface area contributed by atoms with Gasteiger partial charge in [0.05, 0.1) is 12.8 Å². The van der Waals surface area contributed by atoms with Gasteiger partial charge in [0, 0.05) is 5.56 Å². The third-order valence-electron chi connectivity index (χ3n) is 2.38. The van der Waals surface area contributed by atoms with E-state index in [4.69, 9.17) is 9.94 Å². The highest BCUT2D eigenvalue weighted by Gasteiger charge is 2.18. The van der Waals surface area contributed by atoms with E-state index in [1.54, 1.807) is 7.11 Å². The largest absolute Gasteiger partial charge is 0.497 e. The highest BCUT2D eigenvalue weighted by atomic mass is 16.5. The van der Waals surface area contributed by atoms with Crippen LogP contribution in [-0.4, -0.2) is 18.0 Å². The molecule has 0 aliphatic heterocycles. The zero-order chi connectivity index (χ0) is 9.26. The molecule has 0 amide bonds. The van der Waals surface area contributed by atoms with Crippen molar-refractivity contribution in [3.63, 3.8) is 0 Å². The fourth-order valence-electron chi connectivity index (χ4n) is 1.66. The highest BCUT2D eigenvalue weighted by Crippen LogP contribution is 2.26. The van der Waals surface area contributed by atoms with Crippen LogP contribution in [0.5, 0.6) is 5.75 Å². The predicted molar refractivity (Wildman–Crippen MR) is 49.6 cm³/mol. The quantitative estimate of drug-likeness (QED) is 0.525. The Morgan fingerprint density at radius 1 is 1.38 bits per heavy atom. The van der Waals surface area contributed by atoms with Crippen LogP contribution in [0.15, 0.2) is 23.4 Å². The smallest absolute Gasteiger partial charge is 0.119 e. The zero-order valence-corrected chi connectivity index (χ0v) is 7.45. The first-order chi connectivity index (χ1) is 6.35. The zero-order valence-electron chi connectivity index (χ0n) is 7.45. The third-order valence-corrected chi connectivity index (χ3v) is 2.38. The van der Waals surface area contributed by atoms with Gasteiger partial charge in [0.1, 0.15) is 5.75 Å². The fraction of sp³-hybridized carbons (Fsp3) is 0.300. The number of hydrogen-bond donors (Lipinski definition) is 1. The van der Waals surface area contributed by atoms with Crippen LogP contribution in [0.3, 0.4) is 0 Å². The van der Waals surface area contributed by atoms with Gasteiger partial charge in [-0.1, -0.05) is 11.2 Å². The van der Waals surface area contributed by atoms with Gasteiger partial charge in [-0.2, -0.15) is 0 Å². The van der Waals surface area contributed by atoms with Crippen molar-refractivity contribution in [2.75, 3.05) is 7.11 Å². The maximum atomic E-state index is 8.72. The average Bonchev–Trinajstić information content (AvgIpc) is 2.59. The molecule has 0 spiro atoms. The van der Waals surface area contributed by atoms with Crippen molar-refractivity contribution < 1.29 is 9.94 Å². The van der Waals surface area contributed by atoms with Crippen LogP contribution >= 0.6 is 0 Å². The summed E-state index contributed by atoms with van der Waals surface area (Å²) in [6, 6.07) is 5.86. The summed E-state index contributed by atoms with van der Waals surface area (Å²) in [6.07, 6.45) is 1.78. The molecule has 1 aromatic rings. The molecule has 0 saturated heterocycles. The van der Waals surface area contributed by atoms with Crippen molar-refractivity contribution in [1.82, 2.24) is 0 Å².